The van der Waals surface area contributed by atoms with Crippen LogP contribution in [0.25, 0.3) is 0 Å². The molecule has 1 saturated carbocycles. The highest BCUT2D eigenvalue weighted by molar-refractivity contribution is 7.89. The van der Waals surface area contributed by atoms with Crippen LogP contribution in [-0.4, -0.2) is 25.7 Å². The smallest absolute Gasteiger partial charge is 0.240 e. The number of nitrogens with one attached hydrogen (secondary N) is 1. The number of aryl methyl sites for hydroxylation is 1. The summed E-state index contributed by atoms with van der Waals surface area (Å²) >= 11 is 0. The van der Waals surface area contributed by atoms with Crippen LogP contribution in [0.3, 0.4) is 0 Å². The normalized spacial score (nSPS) is 18.4. The molecule has 18 heavy (non-hydrogen) atoms. The molecule has 4 nitrogen and oxygen atoms in total. The van der Waals surface area contributed by atoms with Crippen molar-refractivity contribution in [3.05, 3.63) is 29.6 Å². The largest absolute Gasteiger partial charge is 0.389 e. The maximum Gasteiger partial charge on any atom is 0.240 e. The van der Waals surface area contributed by atoms with Gasteiger partial charge in [-0.3, -0.25) is 0 Å². The number of aliphatic hydroxyl groups is 1. The van der Waals surface area contributed by atoms with E-state index in [9.17, 15) is 17.9 Å². The average Bonchev–Trinajstić information content (AvgIpc) is 2.27. The molecule has 2 N–H and O–H groups in total. The van der Waals surface area contributed by atoms with Gasteiger partial charge in [0, 0.05) is 6.54 Å². The highest BCUT2D eigenvalue weighted by Gasteiger charge is 2.35. The summed E-state index contributed by atoms with van der Waals surface area (Å²) in [5, 5.41) is 9.83. The summed E-state index contributed by atoms with van der Waals surface area (Å²) in [6.45, 7) is 1.51. The van der Waals surface area contributed by atoms with E-state index in [1.54, 1.807) is 0 Å². The second-order valence-electron chi connectivity index (χ2n) is 4.81. The minimum absolute atomic E-state index is 0.00571. The average molecular weight is 273 g/mol. The summed E-state index contributed by atoms with van der Waals surface area (Å²) in [6, 6.07) is 3.62. The fraction of sp³-hybridized carbons (Fsp3) is 0.500. The first-order valence-electron chi connectivity index (χ1n) is 5.81. The predicted octanol–water partition coefficient (Wildman–Crippen LogP) is 1.33. The summed E-state index contributed by atoms with van der Waals surface area (Å²) in [5.41, 5.74) is -0.637. The van der Waals surface area contributed by atoms with Crippen LogP contribution in [0.5, 0.6) is 0 Å². The molecule has 100 valence electrons. The number of rotatable bonds is 4. The fourth-order valence-electron chi connectivity index (χ4n) is 1.86. The van der Waals surface area contributed by atoms with Crippen LogP contribution in [0.1, 0.15) is 24.8 Å². The fourth-order valence-corrected chi connectivity index (χ4v) is 3.06. The van der Waals surface area contributed by atoms with E-state index in [4.69, 9.17) is 0 Å². The van der Waals surface area contributed by atoms with Gasteiger partial charge in [0.25, 0.3) is 0 Å². The minimum atomic E-state index is -3.69. The third kappa shape index (κ3) is 2.71. The molecule has 0 atom stereocenters. The van der Waals surface area contributed by atoms with Gasteiger partial charge in [-0.05, 0) is 49.9 Å². The van der Waals surface area contributed by atoms with Crippen molar-refractivity contribution < 1.29 is 17.9 Å². The Labute approximate surface area is 106 Å². The van der Waals surface area contributed by atoms with Crippen molar-refractivity contribution >= 4 is 10.0 Å². The molecule has 1 aliphatic carbocycles. The molecule has 0 spiro atoms. The monoisotopic (exact) mass is 273 g/mol. The summed E-state index contributed by atoms with van der Waals surface area (Å²) in [7, 11) is -3.69. The van der Waals surface area contributed by atoms with Crippen molar-refractivity contribution in [2.75, 3.05) is 6.54 Å². The Kier molecular flexibility index (Phi) is 3.44. The SMILES string of the molecule is Cc1cc(S(=O)(=O)NCC2(O)CCC2)ccc1F. The van der Waals surface area contributed by atoms with E-state index in [1.807, 2.05) is 0 Å². The molecular formula is C12H16FNO3S. The molecule has 0 heterocycles. The Morgan fingerprint density at radius 3 is 2.61 bits per heavy atom. The van der Waals surface area contributed by atoms with Crippen LogP contribution in [0.2, 0.25) is 0 Å². The molecular weight excluding hydrogens is 257 g/mol. The number of benzene rings is 1. The van der Waals surface area contributed by atoms with Gasteiger partial charge >= 0.3 is 0 Å². The lowest BCUT2D eigenvalue weighted by Gasteiger charge is -2.36. The first kappa shape index (κ1) is 13.5. The van der Waals surface area contributed by atoms with Gasteiger partial charge in [0.1, 0.15) is 5.82 Å². The minimum Gasteiger partial charge on any atom is -0.389 e. The molecule has 1 aliphatic rings. The van der Waals surface area contributed by atoms with Gasteiger partial charge in [-0.25, -0.2) is 17.5 Å². The van der Waals surface area contributed by atoms with E-state index in [0.29, 0.717) is 12.8 Å². The molecule has 6 heteroatoms. The topological polar surface area (TPSA) is 66.4 Å². The summed E-state index contributed by atoms with van der Waals surface area (Å²) < 4.78 is 39.3. The van der Waals surface area contributed by atoms with E-state index in [2.05, 4.69) is 4.72 Å². The molecule has 1 fully saturated rings. The highest BCUT2D eigenvalue weighted by atomic mass is 32.2. The summed E-state index contributed by atoms with van der Waals surface area (Å²) in [6.07, 6.45) is 2.13. The molecule has 0 saturated heterocycles. The zero-order valence-electron chi connectivity index (χ0n) is 10.1. The maximum absolute atomic E-state index is 13.1. The number of hydrogen-bond donors (Lipinski definition) is 2. The predicted molar refractivity (Wildman–Crippen MR) is 65.1 cm³/mol. The quantitative estimate of drug-likeness (QED) is 0.869. The van der Waals surface area contributed by atoms with Gasteiger partial charge in [0.15, 0.2) is 0 Å². The van der Waals surface area contributed by atoms with Gasteiger partial charge < -0.3 is 5.11 Å². The van der Waals surface area contributed by atoms with Crippen molar-refractivity contribution in [3.8, 4) is 0 Å². The van der Waals surface area contributed by atoms with Crippen molar-refractivity contribution in [3.63, 3.8) is 0 Å². The molecule has 0 unspecified atom stereocenters. The van der Waals surface area contributed by atoms with Crippen molar-refractivity contribution in [2.45, 2.75) is 36.7 Å². The summed E-state index contributed by atoms with van der Waals surface area (Å²) in [4.78, 5) is 0.0179. The zero-order chi connectivity index (χ0) is 13.4. The Hall–Kier alpha value is -0.980. The first-order valence-corrected chi connectivity index (χ1v) is 7.29. The van der Waals surface area contributed by atoms with Crippen molar-refractivity contribution in [1.82, 2.24) is 4.72 Å². The van der Waals surface area contributed by atoms with Crippen LogP contribution in [-0.2, 0) is 10.0 Å². The standard InChI is InChI=1S/C12H16FNO3S/c1-9-7-10(3-4-11(9)13)18(16,17)14-8-12(15)5-2-6-12/h3-4,7,14-15H,2,5-6,8H2,1H3. The molecule has 1 aromatic rings. The lowest BCUT2D eigenvalue weighted by atomic mass is 9.81. The van der Waals surface area contributed by atoms with E-state index >= 15 is 0 Å². The Bertz CT molecular complexity index is 552. The number of sulfonamides is 1. The van der Waals surface area contributed by atoms with Gasteiger partial charge in [-0.2, -0.15) is 0 Å². The summed E-state index contributed by atoms with van der Waals surface area (Å²) in [5.74, 6) is -0.438. The van der Waals surface area contributed by atoms with E-state index in [0.717, 1.165) is 12.5 Å². The molecule has 2 rings (SSSR count). The van der Waals surface area contributed by atoms with Crippen LogP contribution < -0.4 is 4.72 Å². The zero-order valence-corrected chi connectivity index (χ0v) is 10.9. The van der Waals surface area contributed by atoms with Crippen LogP contribution >= 0.6 is 0 Å². The van der Waals surface area contributed by atoms with Crippen LogP contribution in [0.15, 0.2) is 23.1 Å². The van der Waals surface area contributed by atoms with Gasteiger partial charge in [-0.1, -0.05) is 0 Å². The molecule has 0 aliphatic heterocycles. The van der Waals surface area contributed by atoms with Gasteiger partial charge in [0.2, 0.25) is 10.0 Å². The van der Waals surface area contributed by atoms with Gasteiger partial charge in [0.05, 0.1) is 10.5 Å². The van der Waals surface area contributed by atoms with E-state index in [1.165, 1.54) is 19.1 Å². The molecule has 0 aromatic heterocycles. The van der Waals surface area contributed by atoms with E-state index < -0.39 is 21.4 Å². The third-order valence-electron chi connectivity index (χ3n) is 3.32. The van der Waals surface area contributed by atoms with E-state index in [-0.39, 0.29) is 17.0 Å². The highest BCUT2D eigenvalue weighted by Crippen LogP contribution is 2.31. The first-order chi connectivity index (χ1) is 8.32. The van der Waals surface area contributed by atoms with Crippen LogP contribution in [0, 0.1) is 12.7 Å². The Balaban J connectivity index is 2.12. The van der Waals surface area contributed by atoms with Gasteiger partial charge in [-0.15, -0.1) is 0 Å². The molecule has 0 radical (unpaired) electrons. The molecule has 0 bridgehead atoms. The number of halogens is 1. The lowest BCUT2D eigenvalue weighted by molar-refractivity contribution is -0.0270. The Morgan fingerprint density at radius 1 is 1.44 bits per heavy atom. The molecule has 0 amide bonds. The van der Waals surface area contributed by atoms with Crippen LogP contribution in [0.4, 0.5) is 4.39 Å². The number of hydrogen-bond acceptors (Lipinski definition) is 3. The van der Waals surface area contributed by atoms with Crippen molar-refractivity contribution in [1.29, 1.82) is 0 Å². The van der Waals surface area contributed by atoms with Crippen molar-refractivity contribution in [2.24, 2.45) is 0 Å². The second kappa shape index (κ2) is 4.60. The third-order valence-corrected chi connectivity index (χ3v) is 4.71. The molecule has 1 aromatic carbocycles. The maximum atomic E-state index is 13.1. The lowest BCUT2D eigenvalue weighted by Crippen LogP contribution is -2.47. The second-order valence-corrected chi connectivity index (χ2v) is 6.58. The Morgan fingerprint density at radius 2 is 2.11 bits per heavy atom.